The predicted octanol–water partition coefficient (Wildman–Crippen LogP) is 9.07. The lowest BCUT2D eigenvalue weighted by molar-refractivity contribution is 0.108. The van der Waals surface area contributed by atoms with Gasteiger partial charge in [0.05, 0.1) is 0 Å². The zero-order valence-corrected chi connectivity index (χ0v) is 19.7. The first kappa shape index (κ1) is 22.3. The highest BCUT2D eigenvalue weighted by Gasteiger charge is 2.36. The first-order chi connectivity index (χ1) is 14.7. The van der Waals surface area contributed by atoms with Gasteiger partial charge in [0.15, 0.2) is 0 Å². The molecule has 0 spiro atoms. The van der Waals surface area contributed by atoms with Crippen molar-refractivity contribution < 1.29 is 4.39 Å². The van der Waals surface area contributed by atoms with E-state index in [1.807, 2.05) is 19.1 Å². The lowest BCUT2D eigenvalue weighted by Gasteiger charge is -2.43. The first-order valence-electron chi connectivity index (χ1n) is 13.4. The summed E-state index contributed by atoms with van der Waals surface area (Å²) in [7, 11) is 0. The summed E-state index contributed by atoms with van der Waals surface area (Å²) in [6, 6.07) is 6.10. The molecule has 0 aromatic heterocycles. The van der Waals surface area contributed by atoms with Crippen molar-refractivity contribution in [3.63, 3.8) is 0 Å². The summed E-state index contributed by atoms with van der Waals surface area (Å²) in [6.07, 6.45) is 21.0. The second kappa shape index (κ2) is 10.6. The van der Waals surface area contributed by atoms with Gasteiger partial charge in [-0.2, -0.15) is 0 Å². The Balaban J connectivity index is 1.21. The van der Waals surface area contributed by atoms with Crippen molar-refractivity contribution in [2.45, 2.75) is 116 Å². The molecule has 1 aromatic rings. The number of benzene rings is 1. The topological polar surface area (TPSA) is 0 Å². The Labute approximate surface area is 185 Å². The Hall–Kier alpha value is -0.850. The summed E-state index contributed by atoms with van der Waals surface area (Å²) in [5.41, 5.74) is 2.13. The summed E-state index contributed by atoms with van der Waals surface area (Å²) in [6.45, 7) is 4.38. The number of rotatable bonds is 7. The van der Waals surface area contributed by atoms with Crippen LogP contribution in [0.2, 0.25) is 0 Å². The van der Waals surface area contributed by atoms with E-state index in [1.54, 1.807) is 0 Å². The molecular weight excluding hydrogens is 367 g/mol. The van der Waals surface area contributed by atoms with Crippen molar-refractivity contribution >= 4 is 0 Å². The minimum absolute atomic E-state index is 0.0181. The van der Waals surface area contributed by atoms with Crippen LogP contribution < -0.4 is 0 Å². The van der Waals surface area contributed by atoms with Crippen LogP contribution >= 0.6 is 0 Å². The molecule has 4 rings (SSSR count). The summed E-state index contributed by atoms with van der Waals surface area (Å²) in [4.78, 5) is 0. The van der Waals surface area contributed by atoms with Crippen LogP contribution in [0.3, 0.4) is 0 Å². The number of aryl methyl sites for hydroxylation is 1. The minimum atomic E-state index is 0.0181. The Morgan fingerprint density at radius 1 is 0.733 bits per heavy atom. The molecule has 0 bridgehead atoms. The average Bonchev–Trinajstić information content (AvgIpc) is 2.78. The number of halogens is 1. The fraction of sp³-hybridized carbons (Fsp3) is 0.793. The van der Waals surface area contributed by atoms with Crippen molar-refractivity contribution in [3.05, 3.63) is 35.1 Å². The van der Waals surface area contributed by atoms with Crippen LogP contribution in [-0.4, -0.2) is 0 Å². The normalized spacial score (nSPS) is 34.5. The van der Waals surface area contributed by atoms with Gasteiger partial charge in [-0.05, 0) is 91.2 Å². The van der Waals surface area contributed by atoms with E-state index in [-0.39, 0.29) is 5.82 Å². The van der Waals surface area contributed by atoms with Crippen LogP contribution in [0.4, 0.5) is 4.39 Å². The average molecular weight is 413 g/mol. The molecule has 3 aliphatic carbocycles. The molecule has 3 saturated carbocycles. The third kappa shape index (κ3) is 5.49. The molecule has 4 unspecified atom stereocenters. The molecule has 0 heterocycles. The Morgan fingerprint density at radius 3 is 2.07 bits per heavy atom. The molecule has 0 aliphatic heterocycles. The lowest BCUT2D eigenvalue weighted by atomic mass is 9.63. The third-order valence-electron chi connectivity index (χ3n) is 9.30. The van der Waals surface area contributed by atoms with Gasteiger partial charge in [0, 0.05) is 0 Å². The molecule has 0 saturated heterocycles. The summed E-state index contributed by atoms with van der Waals surface area (Å²) < 4.78 is 14.3. The van der Waals surface area contributed by atoms with Gasteiger partial charge in [0.25, 0.3) is 0 Å². The van der Waals surface area contributed by atoms with Crippen LogP contribution in [-0.2, 0) is 6.42 Å². The molecule has 0 radical (unpaired) electrons. The fourth-order valence-electron chi connectivity index (χ4n) is 7.34. The van der Waals surface area contributed by atoms with Crippen LogP contribution in [0.25, 0.3) is 0 Å². The minimum Gasteiger partial charge on any atom is -0.207 e. The Kier molecular flexibility index (Phi) is 7.93. The maximum absolute atomic E-state index is 14.3. The Bertz CT molecular complexity index is 656. The van der Waals surface area contributed by atoms with E-state index in [2.05, 4.69) is 13.0 Å². The molecule has 168 valence electrons. The molecular formula is C29H45F. The molecule has 0 nitrogen and oxygen atoms in total. The smallest absolute Gasteiger partial charge is 0.126 e. The maximum atomic E-state index is 14.3. The van der Waals surface area contributed by atoms with Crippen molar-refractivity contribution in [1.82, 2.24) is 0 Å². The summed E-state index contributed by atoms with van der Waals surface area (Å²) in [5.74, 6) is 5.55. The van der Waals surface area contributed by atoms with Gasteiger partial charge in [-0.25, -0.2) is 4.39 Å². The maximum Gasteiger partial charge on any atom is 0.126 e. The third-order valence-corrected chi connectivity index (χ3v) is 9.30. The van der Waals surface area contributed by atoms with Crippen LogP contribution in [0, 0.1) is 35.4 Å². The fourth-order valence-corrected chi connectivity index (χ4v) is 7.34. The van der Waals surface area contributed by atoms with Gasteiger partial charge in [-0.15, -0.1) is 0 Å². The second-order valence-electron chi connectivity index (χ2n) is 11.2. The van der Waals surface area contributed by atoms with Crippen LogP contribution in [0.1, 0.15) is 121 Å². The number of fused-ring (bicyclic) bond motifs is 1. The van der Waals surface area contributed by atoms with E-state index in [9.17, 15) is 4.39 Å². The largest absolute Gasteiger partial charge is 0.207 e. The molecule has 0 amide bonds. The molecule has 30 heavy (non-hydrogen) atoms. The van der Waals surface area contributed by atoms with Gasteiger partial charge in [-0.3, -0.25) is 0 Å². The monoisotopic (exact) mass is 412 g/mol. The molecule has 3 aliphatic rings. The highest BCUT2D eigenvalue weighted by molar-refractivity contribution is 5.27. The van der Waals surface area contributed by atoms with E-state index in [0.29, 0.717) is 5.92 Å². The SMILES string of the molecule is CCCC1CCC(CCC2CCC3CC(c4ccc(CC)c(F)c4)CCC3C2)CC1. The van der Waals surface area contributed by atoms with E-state index < -0.39 is 0 Å². The van der Waals surface area contributed by atoms with Gasteiger partial charge < -0.3 is 0 Å². The van der Waals surface area contributed by atoms with E-state index in [4.69, 9.17) is 0 Å². The summed E-state index contributed by atoms with van der Waals surface area (Å²) >= 11 is 0. The second-order valence-corrected chi connectivity index (χ2v) is 11.2. The number of hydrogen-bond acceptors (Lipinski definition) is 0. The van der Waals surface area contributed by atoms with Gasteiger partial charge in [0.1, 0.15) is 5.82 Å². The molecule has 0 N–H and O–H groups in total. The zero-order chi connectivity index (χ0) is 20.9. The summed E-state index contributed by atoms with van der Waals surface area (Å²) in [5, 5.41) is 0. The quantitative estimate of drug-likeness (QED) is 0.419. The highest BCUT2D eigenvalue weighted by Crippen LogP contribution is 2.49. The van der Waals surface area contributed by atoms with Crippen LogP contribution in [0.15, 0.2) is 18.2 Å². The van der Waals surface area contributed by atoms with E-state index in [1.165, 1.54) is 95.5 Å². The van der Waals surface area contributed by atoms with E-state index in [0.717, 1.165) is 41.6 Å². The van der Waals surface area contributed by atoms with Crippen LogP contribution in [0.5, 0.6) is 0 Å². The Morgan fingerprint density at radius 2 is 1.37 bits per heavy atom. The van der Waals surface area contributed by atoms with E-state index >= 15 is 0 Å². The van der Waals surface area contributed by atoms with Gasteiger partial charge in [-0.1, -0.05) is 83.8 Å². The van der Waals surface area contributed by atoms with Crippen molar-refractivity contribution in [3.8, 4) is 0 Å². The molecule has 1 heteroatoms. The number of hydrogen-bond donors (Lipinski definition) is 0. The molecule has 1 aromatic carbocycles. The van der Waals surface area contributed by atoms with Crippen molar-refractivity contribution in [1.29, 1.82) is 0 Å². The highest BCUT2D eigenvalue weighted by atomic mass is 19.1. The lowest BCUT2D eigenvalue weighted by Crippen LogP contribution is -2.30. The molecule has 4 atom stereocenters. The van der Waals surface area contributed by atoms with Crippen molar-refractivity contribution in [2.75, 3.05) is 0 Å². The molecule has 3 fully saturated rings. The van der Waals surface area contributed by atoms with Crippen molar-refractivity contribution in [2.24, 2.45) is 29.6 Å². The first-order valence-corrected chi connectivity index (χ1v) is 13.4. The standard InChI is InChI=1S/C29H45F/c1-3-5-21-6-8-22(9-7-21)10-11-23-12-13-26-19-27(17-16-25(26)18-23)28-15-14-24(4-2)29(30)20-28/h14-15,20-23,25-27H,3-13,16-19H2,1-2H3. The predicted molar refractivity (Wildman–Crippen MR) is 126 cm³/mol. The van der Waals surface area contributed by atoms with Gasteiger partial charge >= 0.3 is 0 Å². The zero-order valence-electron chi connectivity index (χ0n) is 19.7. The van der Waals surface area contributed by atoms with Gasteiger partial charge in [0.2, 0.25) is 0 Å².